The largest absolute Gasteiger partial charge is 0.233 e. The maximum absolute atomic E-state index is 12.3. The fraction of sp³-hybridized carbons (Fsp3) is 0.296. The predicted octanol–water partition coefficient (Wildman–Crippen LogP) is 5.43. The normalized spacial score (nSPS) is 14.0. The minimum atomic E-state index is -3.32. The van der Waals surface area contributed by atoms with Gasteiger partial charge in [0.25, 0.3) is 0 Å². The molecule has 5 nitrogen and oxygen atoms in total. The second kappa shape index (κ2) is 9.49. The summed E-state index contributed by atoms with van der Waals surface area (Å²) in [5.74, 6) is 0.110. The van der Waals surface area contributed by atoms with Crippen LogP contribution in [-0.4, -0.2) is 30.0 Å². The molecular formula is C27H31N3O2S. The molecule has 1 aromatic heterocycles. The summed E-state index contributed by atoms with van der Waals surface area (Å²) in [4.78, 5) is 0. The Balaban J connectivity index is 1.69. The quantitative estimate of drug-likeness (QED) is 0.381. The van der Waals surface area contributed by atoms with E-state index in [1.54, 1.807) is 13.8 Å². The van der Waals surface area contributed by atoms with Crippen LogP contribution in [0, 0.1) is 12.8 Å². The van der Waals surface area contributed by atoms with Crippen LogP contribution in [0.5, 0.6) is 0 Å². The molecule has 2 unspecified atom stereocenters. The highest BCUT2D eigenvalue weighted by atomic mass is 32.2. The first-order valence-electron chi connectivity index (χ1n) is 11.3. The van der Waals surface area contributed by atoms with Crippen LogP contribution in [0.3, 0.4) is 0 Å². The summed E-state index contributed by atoms with van der Waals surface area (Å²) in [7, 11) is -3.32. The van der Waals surface area contributed by atoms with Crippen molar-refractivity contribution < 1.29 is 8.42 Å². The highest BCUT2D eigenvalue weighted by Gasteiger charge is 2.25. The third-order valence-corrected chi connectivity index (χ3v) is 7.99. The Hall–Kier alpha value is -2.96. The maximum Gasteiger partial charge on any atom is 0.213 e. The number of nitrogens with zero attached hydrogens (tertiary/aromatic N) is 2. The van der Waals surface area contributed by atoms with Crippen LogP contribution in [0.15, 0.2) is 79.0 Å². The number of fused-ring (bicyclic) bond motifs is 1. The molecule has 4 aromatic rings. The third kappa shape index (κ3) is 5.02. The van der Waals surface area contributed by atoms with Crippen LogP contribution in [-0.2, 0) is 10.0 Å². The van der Waals surface area contributed by atoms with E-state index in [1.165, 1.54) is 11.1 Å². The lowest BCUT2D eigenvalue weighted by atomic mass is 9.81. The Morgan fingerprint density at radius 2 is 1.61 bits per heavy atom. The second-order valence-electron chi connectivity index (χ2n) is 9.02. The molecule has 0 saturated carbocycles. The SMILES string of the molecule is Cc1ccc(-n2ncc3cc(C(c4ccccc4)C(C)CNS(=O)(=O)C(C)C)ccc32)cc1. The summed E-state index contributed by atoms with van der Waals surface area (Å²) < 4.78 is 29.4. The fourth-order valence-electron chi connectivity index (χ4n) is 4.18. The van der Waals surface area contributed by atoms with Crippen molar-refractivity contribution >= 4 is 20.9 Å². The van der Waals surface area contributed by atoms with Gasteiger partial charge >= 0.3 is 0 Å². The van der Waals surface area contributed by atoms with E-state index in [2.05, 4.69) is 78.3 Å². The van der Waals surface area contributed by atoms with Crippen LogP contribution in [0.1, 0.15) is 43.4 Å². The molecule has 0 fully saturated rings. The molecule has 0 radical (unpaired) electrons. The zero-order chi connectivity index (χ0) is 23.6. The molecule has 1 heterocycles. The van der Waals surface area contributed by atoms with E-state index in [9.17, 15) is 8.42 Å². The van der Waals surface area contributed by atoms with Gasteiger partial charge in [0, 0.05) is 17.8 Å². The molecule has 3 aromatic carbocycles. The van der Waals surface area contributed by atoms with Gasteiger partial charge in [0.1, 0.15) is 0 Å². The lowest BCUT2D eigenvalue weighted by Gasteiger charge is -2.26. The number of sulfonamides is 1. The second-order valence-corrected chi connectivity index (χ2v) is 11.3. The minimum Gasteiger partial charge on any atom is -0.233 e. The molecule has 172 valence electrons. The zero-order valence-corrected chi connectivity index (χ0v) is 20.4. The molecule has 0 saturated heterocycles. The minimum absolute atomic E-state index is 0.0492. The smallest absolute Gasteiger partial charge is 0.213 e. The highest BCUT2D eigenvalue weighted by Crippen LogP contribution is 2.34. The van der Waals surface area contributed by atoms with Crippen LogP contribution in [0.4, 0.5) is 0 Å². The van der Waals surface area contributed by atoms with Crippen LogP contribution in [0.2, 0.25) is 0 Å². The van der Waals surface area contributed by atoms with Crippen molar-refractivity contribution in [1.82, 2.24) is 14.5 Å². The lowest BCUT2D eigenvalue weighted by molar-refractivity contribution is 0.492. The number of rotatable bonds is 8. The number of aromatic nitrogens is 2. The molecule has 6 heteroatoms. The van der Waals surface area contributed by atoms with E-state index >= 15 is 0 Å². The van der Waals surface area contributed by atoms with Crippen LogP contribution >= 0.6 is 0 Å². The molecule has 1 N–H and O–H groups in total. The molecule has 0 aliphatic rings. The molecule has 0 bridgehead atoms. The molecule has 2 atom stereocenters. The van der Waals surface area contributed by atoms with Gasteiger partial charge in [-0.05, 0) is 62.1 Å². The Bertz CT molecular complexity index is 1330. The van der Waals surface area contributed by atoms with Gasteiger partial charge in [0.2, 0.25) is 10.0 Å². The number of benzene rings is 3. The Morgan fingerprint density at radius 3 is 2.27 bits per heavy atom. The van der Waals surface area contributed by atoms with E-state index in [-0.39, 0.29) is 11.8 Å². The third-order valence-electron chi connectivity index (χ3n) is 6.18. The van der Waals surface area contributed by atoms with Crippen molar-refractivity contribution in [3.8, 4) is 5.69 Å². The van der Waals surface area contributed by atoms with Gasteiger partial charge in [-0.25, -0.2) is 17.8 Å². The van der Waals surface area contributed by atoms with Crippen LogP contribution in [0.25, 0.3) is 16.6 Å². The van der Waals surface area contributed by atoms with Gasteiger partial charge < -0.3 is 0 Å². The zero-order valence-electron chi connectivity index (χ0n) is 19.6. The van der Waals surface area contributed by atoms with Crippen molar-refractivity contribution in [2.24, 2.45) is 5.92 Å². The van der Waals surface area contributed by atoms with E-state index < -0.39 is 15.3 Å². The van der Waals surface area contributed by atoms with Gasteiger partial charge in [-0.15, -0.1) is 0 Å². The van der Waals surface area contributed by atoms with Crippen molar-refractivity contribution in [3.63, 3.8) is 0 Å². The van der Waals surface area contributed by atoms with E-state index in [4.69, 9.17) is 0 Å². The molecule has 33 heavy (non-hydrogen) atoms. The first-order valence-corrected chi connectivity index (χ1v) is 12.9. The monoisotopic (exact) mass is 461 g/mol. The Kier molecular flexibility index (Phi) is 6.68. The van der Waals surface area contributed by atoms with Crippen molar-refractivity contribution in [1.29, 1.82) is 0 Å². The van der Waals surface area contributed by atoms with Gasteiger partial charge in [-0.1, -0.05) is 61.0 Å². The highest BCUT2D eigenvalue weighted by molar-refractivity contribution is 7.90. The van der Waals surface area contributed by atoms with E-state index in [1.807, 2.05) is 29.1 Å². The number of aryl methyl sites for hydroxylation is 1. The predicted molar refractivity (Wildman–Crippen MR) is 135 cm³/mol. The molecule has 4 rings (SSSR count). The summed E-state index contributed by atoms with van der Waals surface area (Å²) in [5, 5.41) is 5.23. The standard InChI is InChI=1S/C27H31N3O2S/c1-19(2)33(31,32)29-17-21(4)27(22-8-6-5-7-9-22)23-12-15-26-24(16-23)18-28-30(26)25-13-10-20(3)11-14-25/h5-16,18-19,21,27,29H,17H2,1-4H3. The van der Waals surface area contributed by atoms with Crippen LogP contribution < -0.4 is 4.72 Å². The van der Waals surface area contributed by atoms with E-state index in [0.29, 0.717) is 6.54 Å². The first kappa shape index (κ1) is 23.2. The number of nitrogens with one attached hydrogen (secondary N) is 1. The molecular weight excluding hydrogens is 430 g/mol. The summed E-state index contributed by atoms with van der Waals surface area (Å²) in [6.45, 7) is 7.94. The lowest BCUT2D eigenvalue weighted by Crippen LogP contribution is -2.35. The summed E-state index contributed by atoms with van der Waals surface area (Å²) in [6.07, 6.45) is 1.90. The molecule has 0 amide bonds. The number of hydrogen-bond acceptors (Lipinski definition) is 3. The fourth-order valence-corrected chi connectivity index (χ4v) is 5.01. The molecule has 0 spiro atoms. The average Bonchev–Trinajstić information content (AvgIpc) is 3.22. The molecule has 0 aliphatic carbocycles. The van der Waals surface area contributed by atoms with E-state index in [0.717, 1.165) is 22.2 Å². The van der Waals surface area contributed by atoms with Gasteiger partial charge in [0.05, 0.1) is 22.7 Å². The molecule has 0 aliphatic heterocycles. The van der Waals surface area contributed by atoms with Gasteiger partial charge in [-0.3, -0.25) is 0 Å². The van der Waals surface area contributed by atoms with Gasteiger partial charge in [-0.2, -0.15) is 5.10 Å². The summed E-state index contributed by atoms with van der Waals surface area (Å²) in [5.41, 5.74) is 5.60. The summed E-state index contributed by atoms with van der Waals surface area (Å²) in [6, 6.07) is 25.0. The van der Waals surface area contributed by atoms with Crippen molar-refractivity contribution in [3.05, 3.63) is 95.7 Å². The van der Waals surface area contributed by atoms with Gasteiger partial charge in [0.15, 0.2) is 0 Å². The maximum atomic E-state index is 12.3. The van der Waals surface area contributed by atoms with Crippen molar-refractivity contribution in [2.45, 2.75) is 38.9 Å². The number of hydrogen-bond donors (Lipinski definition) is 1. The summed E-state index contributed by atoms with van der Waals surface area (Å²) >= 11 is 0. The topological polar surface area (TPSA) is 64.0 Å². The Labute approximate surface area is 196 Å². The Morgan fingerprint density at radius 1 is 0.909 bits per heavy atom. The first-order chi connectivity index (χ1) is 15.8. The van der Waals surface area contributed by atoms with Crippen molar-refractivity contribution in [2.75, 3.05) is 6.54 Å². The average molecular weight is 462 g/mol.